The summed E-state index contributed by atoms with van der Waals surface area (Å²) >= 11 is 0. The topological polar surface area (TPSA) is 56.0 Å². The molecule has 0 spiro atoms. The highest BCUT2D eigenvalue weighted by Crippen LogP contribution is 2.17. The molecule has 0 unspecified atom stereocenters. The Kier molecular flexibility index (Phi) is 3.02. The zero-order chi connectivity index (χ0) is 9.84. The van der Waals surface area contributed by atoms with Crippen molar-refractivity contribution in [2.24, 2.45) is 5.73 Å². The van der Waals surface area contributed by atoms with Gasteiger partial charge in [0.05, 0.1) is 0 Å². The van der Waals surface area contributed by atoms with Gasteiger partial charge in [0.15, 0.2) is 6.29 Å². The lowest BCUT2D eigenvalue weighted by Crippen LogP contribution is -2.05. The third-order valence-corrected chi connectivity index (χ3v) is 1.59. The molecule has 0 bridgehead atoms. The zero-order valence-electron chi connectivity index (χ0n) is 6.71. The second-order valence-electron chi connectivity index (χ2n) is 2.40. The number of halogens is 2. The molecular weight excluding hydrogens is 178 g/mol. The van der Waals surface area contributed by atoms with Gasteiger partial charge in [-0.05, 0) is 11.6 Å². The maximum absolute atomic E-state index is 12.1. The third-order valence-electron chi connectivity index (χ3n) is 1.59. The first-order valence-electron chi connectivity index (χ1n) is 3.62. The predicted octanol–water partition coefficient (Wildman–Crippen LogP) is 1.29. The summed E-state index contributed by atoms with van der Waals surface area (Å²) in [5, 5.41) is 0. The molecule has 0 aliphatic heterocycles. The van der Waals surface area contributed by atoms with Gasteiger partial charge in [0.2, 0.25) is 0 Å². The van der Waals surface area contributed by atoms with Crippen molar-refractivity contribution in [1.29, 1.82) is 0 Å². The van der Waals surface area contributed by atoms with E-state index in [2.05, 4.69) is 4.98 Å². The summed E-state index contributed by atoms with van der Waals surface area (Å²) < 4.78 is 24.2. The molecule has 0 atom stereocenters. The van der Waals surface area contributed by atoms with Crippen molar-refractivity contribution in [3.63, 3.8) is 0 Å². The highest BCUT2D eigenvalue weighted by molar-refractivity contribution is 5.74. The van der Waals surface area contributed by atoms with Crippen molar-refractivity contribution >= 4 is 6.29 Å². The van der Waals surface area contributed by atoms with Crippen LogP contribution in [0.1, 0.15) is 28.2 Å². The van der Waals surface area contributed by atoms with Crippen LogP contribution in [0.4, 0.5) is 8.78 Å². The second-order valence-corrected chi connectivity index (χ2v) is 2.40. The van der Waals surface area contributed by atoms with Gasteiger partial charge in [-0.3, -0.25) is 4.79 Å². The van der Waals surface area contributed by atoms with Crippen LogP contribution in [0.15, 0.2) is 12.1 Å². The smallest absolute Gasteiger partial charge is 0.280 e. The Labute approximate surface area is 73.6 Å². The van der Waals surface area contributed by atoms with Crippen LogP contribution in [0.5, 0.6) is 0 Å². The van der Waals surface area contributed by atoms with E-state index in [0.717, 1.165) is 0 Å². The highest BCUT2D eigenvalue weighted by Gasteiger charge is 2.11. The molecule has 0 aliphatic carbocycles. The van der Waals surface area contributed by atoms with E-state index in [9.17, 15) is 13.6 Å². The van der Waals surface area contributed by atoms with Gasteiger partial charge in [0.1, 0.15) is 11.4 Å². The van der Waals surface area contributed by atoms with E-state index in [0.29, 0.717) is 11.8 Å². The summed E-state index contributed by atoms with van der Waals surface area (Å²) in [4.78, 5) is 13.9. The van der Waals surface area contributed by atoms with Crippen LogP contribution in [0.25, 0.3) is 0 Å². The summed E-state index contributed by atoms with van der Waals surface area (Å²) in [6, 6.07) is 2.55. The van der Waals surface area contributed by atoms with E-state index in [1.54, 1.807) is 0 Å². The highest BCUT2D eigenvalue weighted by atomic mass is 19.3. The van der Waals surface area contributed by atoms with Crippen molar-refractivity contribution in [2.45, 2.75) is 13.0 Å². The molecule has 0 radical (unpaired) electrons. The van der Waals surface area contributed by atoms with Crippen molar-refractivity contribution in [3.05, 3.63) is 29.1 Å². The Hall–Kier alpha value is -1.36. The molecular formula is C8H8F2N2O. The molecule has 2 N–H and O–H groups in total. The van der Waals surface area contributed by atoms with Crippen LogP contribution >= 0.6 is 0 Å². The zero-order valence-corrected chi connectivity index (χ0v) is 6.71. The number of carbonyl (C=O) groups is 1. The number of carbonyl (C=O) groups excluding carboxylic acids is 1. The SMILES string of the molecule is NCc1ccc(C(F)F)nc1C=O. The van der Waals surface area contributed by atoms with Crippen molar-refractivity contribution in [1.82, 2.24) is 4.98 Å². The minimum Gasteiger partial charge on any atom is -0.326 e. The van der Waals surface area contributed by atoms with E-state index < -0.39 is 12.1 Å². The molecule has 5 heteroatoms. The lowest BCUT2D eigenvalue weighted by molar-refractivity contribution is 0.111. The van der Waals surface area contributed by atoms with Gasteiger partial charge in [0.25, 0.3) is 6.43 Å². The average molecular weight is 186 g/mol. The molecule has 0 aliphatic rings. The maximum atomic E-state index is 12.1. The number of aromatic nitrogens is 1. The molecule has 3 nitrogen and oxygen atoms in total. The van der Waals surface area contributed by atoms with Gasteiger partial charge in [-0.25, -0.2) is 13.8 Å². The predicted molar refractivity (Wildman–Crippen MR) is 42.5 cm³/mol. The number of aldehydes is 1. The number of nitrogens with zero attached hydrogens (tertiary/aromatic N) is 1. The third kappa shape index (κ3) is 2.06. The molecule has 0 fully saturated rings. The fourth-order valence-electron chi connectivity index (χ4n) is 0.916. The molecule has 1 heterocycles. The molecule has 1 aromatic heterocycles. The first-order chi connectivity index (χ1) is 6.19. The van der Waals surface area contributed by atoms with E-state index in [4.69, 9.17) is 5.73 Å². The Morgan fingerprint density at radius 1 is 1.54 bits per heavy atom. The van der Waals surface area contributed by atoms with E-state index >= 15 is 0 Å². The summed E-state index contributed by atoms with van der Waals surface area (Å²) in [5.74, 6) is 0. The van der Waals surface area contributed by atoms with Gasteiger partial charge in [-0.15, -0.1) is 0 Å². The van der Waals surface area contributed by atoms with Crippen molar-refractivity contribution < 1.29 is 13.6 Å². The van der Waals surface area contributed by atoms with Crippen LogP contribution in [0.2, 0.25) is 0 Å². The number of nitrogens with two attached hydrogens (primary N) is 1. The molecule has 0 saturated heterocycles. The first kappa shape index (κ1) is 9.73. The number of pyridine rings is 1. The summed E-state index contributed by atoms with van der Waals surface area (Å²) in [7, 11) is 0. The van der Waals surface area contributed by atoms with Gasteiger partial charge >= 0.3 is 0 Å². The molecule has 1 aromatic rings. The van der Waals surface area contributed by atoms with Gasteiger partial charge in [0, 0.05) is 6.54 Å². The number of hydrogen-bond acceptors (Lipinski definition) is 3. The second kappa shape index (κ2) is 4.04. The van der Waals surface area contributed by atoms with Gasteiger partial charge < -0.3 is 5.73 Å². The molecule has 0 amide bonds. The Balaban J connectivity index is 3.13. The largest absolute Gasteiger partial charge is 0.326 e. The average Bonchev–Trinajstić information content (AvgIpc) is 2.16. The Morgan fingerprint density at radius 2 is 2.23 bits per heavy atom. The quantitative estimate of drug-likeness (QED) is 0.723. The molecule has 13 heavy (non-hydrogen) atoms. The van der Waals surface area contributed by atoms with Gasteiger partial charge in [-0.2, -0.15) is 0 Å². The van der Waals surface area contributed by atoms with Crippen LogP contribution < -0.4 is 5.73 Å². The van der Waals surface area contributed by atoms with E-state index in [1.807, 2.05) is 0 Å². The molecule has 0 aromatic carbocycles. The Morgan fingerprint density at radius 3 is 2.69 bits per heavy atom. The lowest BCUT2D eigenvalue weighted by Gasteiger charge is -2.03. The normalized spacial score (nSPS) is 10.5. The van der Waals surface area contributed by atoms with Crippen LogP contribution in [0.3, 0.4) is 0 Å². The number of rotatable bonds is 3. The number of hydrogen-bond donors (Lipinski definition) is 1. The summed E-state index contributed by atoms with van der Waals surface area (Å²) in [6.07, 6.45) is -2.24. The van der Waals surface area contributed by atoms with Crippen molar-refractivity contribution in [3.8, 4) is 0 Å². The minimum atomic E-state index is -2.66. The number of alkyl halides is 2. The molecule has 0 saturated carbocycles. The van der Waals surface area contributed by atoms with E-state index in [1.165, 1.54) is 12.1 Å². The summed E-state index contributed by atoms with van der Waals surface area (Å²) in [6.45, 7) is 0.116. The van der Waals surface area contributed by atoms with E-state index in [-0.39, 0.29) is 12.2 Å². The first-order valence-corrected chi connectivity index (χ1v) is 3.62. The fraction of sp³-hybridized carbons (Fsp3) is 0.250. The fourth-order valence-corrected chi connectivity index (χ4v) is 0.916. The van der Waals surface area contributed by atoms with Crippen LogP contribution in [-0.2, 0) is 6.54 Å². The van der Waals surface area contributed by atoms with Gasteiger partial charge in [-0.1, -0.05) is 6.07 Å². The molecule has 70 valence electrons. The maximum Gasteiger partial charge on any atom is 0.280 e. The van der Waals surface area contributed by atoms with Crippen molar-refractivity contribution in [2.75, 3.05) is 0 Å². The lowest BCUT2D eigenvalue weighted by atomic mass is 10.2. The van der Waals surface area contributed by atoms with Crippen LogP contribution in [-0.4, -0.2) is 11.3 Å². The standard InChI is InChI=1S/C8H8F2N2O/c9-8(10)6-2-1-5(3-11)7(4-13)12-6/h1-2,4,8H,3,11H2. The molecule has 1 rings (SSSR count). The Bertz CT molecular complexity index is 315. The van der Waals surface area contributed by atoms with Crippen LogP contribution in [0, 0.1) is 0 Å². The monoisotopic (exact) mass is 186 g/mol. The minimum absolute atomic E-state index is 0.0136. The summed E-state index contributed by atoms with van der Waals surface area (Å²) in [5.41, 5.74) is 5.32.